The summed E-state index contributed by atoms with van der Waals surface area (Å²) >= 11 is 0. The van der Waals surface area contributed by atoms with Gasteiger partial charge in [-0.25, -0.2) is 4.39 Å². The fourth-order valence-electron chi connectivity index (χ4n) is 7.21. The van der Waals surface area contributed by atoms with Crippen LogP contribution < -0.4 is 20.3 Å². The quantitative estimate of drug-likeness (QED) is 0.409. The molecule has 3 saturated heterocycles. The van der Waals surface area contributed by atoms with Gasteiger partial charge < -0.3 is 25.4 Å². The predicted molar refractivity (Wildman–Crippen MR) is 151 cm³/mol. The van der Waals surface area contributed by atoms with Gasteiger partial charge in [-0.15, -0.1) is 0 Å². The zero-order chi connectivity index (χ0) is 27.4. The van der Waals surface area contributed by atoms with E-state index in [0.29, 0.717) is 52.1 Å². The number of fused-ring (bicyclic) bond motifs is 3. The maximum absolute atomic E-state index is 14.9. The first kappa shape index (κ1) is 25.5. The first-order valence-electron chi connectivity index (χ1n) is 14.5. The number of aryl methyl sites for hydroxylation is 1. The molecule has 1 unspecified atom stereocenters. The van der Waals surface area contributed by atoms with Crippen molar-refractivity contribution in [1.29, 1.82) is 0 Å². The van der Waals surface area contributed by atoms with Crippen LogP contribution in [0, 0.1) is 5.82 Å². The normalized spacial score (nSPS) is 21.8. The van der Waals surface area contributed by atoms with Crippen LogP contribution in [0.3, 0.4) is 0 Å². The molecular weight excluding hydrogens is 511 g/mol. The number of phenolic OH excluding ortho intramolecular Hbond substituents is 1. The molecule has 1 amide bonds. The van der Waals surface area contributed by atoms with Crippen molar-refractivity contribution in [3.05, 3.63) is 46.9 Å². The van der Waals surface area contributed by atoms with Crippen LogP contribution in [0.15, 0.2) is 24.3 Å². The smallest absolute Gasteiger partial charge is 0.318 e. The molecule has 5 heterocycles. The molecule has 0 saturated carbocycles. The number of amides is 1. The number of halogens is 1. The van der Waals surface area contributed by atoms with Gasteiger partial charge in [-0.3, -0.25) is 9.69 Å². The van der Waals surface area contributed by atoms with Crippen molar-refractivity contribution in [2.45, 2.75) is 63.6 Å². The highest BCUT2D eigenvalue weighted by molar-refractivity contribution is 6.16. The Morgan fingerprint density at radius 2 is 2.05 bits per heavy atom. The van der Waals surface area contributed by atoms with E-state index in [1.165, 1.54) is 25.0 Å². The second-order valence-electron chi connectivity index (χ2n) is 11.6. The number of aromatic nitrogens is 2. The fraction of sp³-hybridized carbons (Fsp3) is 0.500. The molecule has 4 aliphatic rings. The first-order chi connectivity index (χ1) is 19.5. The Balaban J connectivity index is 1.27. The zero-order valence-electron chi connectivity index (χ0n) is 22.8. The van der Waals surface area contributed by atoms with Gasteiger partial charge in [0.1, 0.15) is 29.6 Å². The Kier molecular flexibility index (Phi) is 6.27. The third-order valence-electron chi connectivity index (χ3n) is 9.19. The number of carbonyl (C=O) groups excluding carboxylic acids is 1. The Morgan fingerprint density at radius 3 is 2.80 bits per heavy atom. The Labute approximate surface area is 232 Å². The molecule has 7 rings (SSSR count). The topological polar surface area (TPSA) is 103 Å². The van der Waals surface area contributed by atoms with Crippen molar-refractivity contribution in [2.24, 2.45) is 0 Å². The lowest BCUT2D eigenvalue weighted by Gasteiger charge is -2.31. The molecule has 0 radical (unpaired) electrons. The summed E-state index contributed by atoms with van der Waals surface area (Å²) in [4.78, 5) is 27.6. The van der Waals surface area contributed by atoms with Crippen molar-refractivity contribution >= 4 is 28.2 Å². The number of nitrogens with zero attached hydrogens (tertiary/aromatic N) is 4. The number of ether oxygens (including phenoxy) is 1. The highest BCUT2D eigenvalue weighted by atomic mass is 19.1. The molecule has 10 heteroatoms. The largest absolute Gasteiger partial charge is 0.508 e. The monoisotopic (exact) mass is 546 g/mol. The summed E-state index contributed by atoms with van der Waals surface area (Å²) < 4.78 is 21.2. The van der Waals surface area contributed by atoms with E-state index in [-0.39, 0.29) is 41.6 Å². The van der Waals surface area contributed by atoms with Gasteiger partial charge >= 0.3 is 6.01 Å². The third-order valence-corrected chi connectivity index (χ3v) is 9.19. The van der Waals surface area contributed by atoms with Crippen LogP contribution in [0.2, 0.25) is 0 Å². The van der Waals surface area contributed by atoms with Crippen molar-refractivity contribution in [3.8, 4) is 11.8 Å². The highest BCUT2D eigenvalue weighted by Crippen LogP contribution is 2.42. The third kappa shape index (κ3) is 4.16. The molecule has 4 aliphatic heterocycles. The SMILES string of the molecule is CCc1c(F)ccc2cc(O)cc(N3Cc4nc(OCC56CCCN5CCC6)nc(NC5CCNC5)c4C3=O)c12. The number of aromatic hydroxyl groups is 1. The second kappa shape index (κ2) is 9.85. The summed E-state index contributed by atoms with van der Waals surface area (Å²) in [6.45, 7) is 6.49. The minimum absolute atomic E-state index is 0.0161. The van der Waals surface area contributed by atoms with E-state index in [1.807, 2.05) is 6.92 Å². The number of rotatable bonds is 7. The fourth-order valence-corrected chi connectivity index (χ4v) is 7.21. The predicted octanol–water partition coefficient (Wildman–Crippen LogP) is 3.98. The van der Waals surface area contributed by atoms with Crippen LogP contribution in [0.25, 0.3) is 10.8 Å². The molecule has 1 aromatic heterocycles. The summed E-state index contributed by atoms with van der Waals surface area (Å²) in [5.41, 5.74) is 2.01. The lowest BCUT2D eigenvalue weighted by molar-refractivity contribution is 0.0996. The van der Waals surface area contributed by atoms with Gasteiger partial charge in [-0.05, 0) is 81.2 Å². The van der Waals surface area contributed by atoms with Crippen molar-refractivity contribution < 1.29 is 19.0 Å². The van der Waals surface area contributed by atoms with Crippen molar-refractivity contribution in [1.82, 2.24) is 20.2 Å². The Morgan fingerprint density at radius 1 is 1.23 bits per heavy atom. The number of hydrogen-bond acceptors (Lipinski definition) is 8. The summed E-state index contributed by atoms with van der Waals surface area (Å²) in [6, 6.07) is 6.60. The van der Waals surface area contributed by atoms with Gasteiger partial charge in [-0.2, -0.15) is 9.97 Å². The minimum Gasteiger partial charge on any atom is -0.508 e. The average Bonchev–Trinajstić information content (AvgIpc) is 3.72. The van der Waals surface area contributed by atoms with Crippen LogP contribution in [-0.4, -0.2) is 70.2 Å². The number of anilines is 2. The molecule has 1 atom stereocenters. The number of phenols is 1. The minimum atomic E-state index is -0.329. The first-order valence-corrected chi connectivity index (χ1v) is 14.5. The molecule has 2 aromatic carbocycles. The van der Waals surface area contributed by atoms with Gasteiger partial charge in [0.05, 0.1) is 23.5 Å². The summed E-state index contributed by atoms with van der Waals surface area (Å²) in [6.07, 6.45) is 5.96. The van der Waals surface area contributed by atoms with Crippen molar-refractivity contribution in [2.75, 3.05) is 43.0 Å². The van der Waals surface area contributed by atoms with Gasteiger partial charge in [0, 0.05) is 24.0 Å². The van der Waals surface area contributed by atoms with Gasteiger partial charge in [0.25, 0.3) is 5.91 Å². The summed E-state index contributed by atoms with van der Waals surface area (Å²) in [5, 5.41) is 18.7. The molecule has 210 valence electrons. The number of carbonyl (C=O) groups is 1. The molecule has 9 nitrogen and oxygen atoms in total. The van der Waals surface area contributed by atoms with Crippen LogP contribution in [0.5, 0.6) is 11.8 Å². The van der Waals surface area contributed by atoms with Gasteiger partial charge in [0.2, 0.25) is 0 Å². The maximum atomic E-state index is 14.9. The van der Waals surface area contributed by atoms with Crippen molar-refractivity contribution in [3.63, 3.8) is 0 Å². The Bertz CT molecular complexity index is 1480. The van der Waals surface area contributed by atoms with E-state index in [1.54, 1.807) is 17.0 Å². The van der Waals surface area contributed by atoms with E-state index in [9.17, 15) is 14.3 Å². The molecule has 0 aliphatic carbocycles. The second-order valence-corrected chi connectivity index (χ2v) is 11.6. The zero-order valence-corrected chi connectivity index (χ0v) is 22.8. The van der Waals surface area contributed by atoms with Crippen LogP contribution in [0.1, 0.15) is 60.6 Å². The number of hydrogen-bond donors (Lipinski definition) is 3. The summed E-state index contributed by atoms with van der Waals surface area (Å²) in [5.74, 6) is -0.114. The molecule has 0 spiro atoms. The Hall–Kier alpha value is -3.50. The van der Waals surface area contributed by atoms with Gasteiger partial charge in [0.15, 0.2) is 0 Å². The average molecular weight is 547 g/mol. The van der Waals surface area contributed by atoms with E-state index in [0.717, 1.165) is 45.4 Å². The van der Waals surface area contributed by atoms with Crippen LogP contribution in [-0.2, 0) is 13.0 Å². The molecule has 3 fully saturated rings. The van der Waals surface area contributed by atoms with E-state index in [4.69, 9.17) is 14.7 Å². The lowest BCUT2D eigenvalue weighted by atomic mass is 9.95. The standard InChI is InChI=1S/C30H35FN6O3/c1-2-21-22(31)6-5-18-13-20(38)14-24(25(18)21)37-16-23-26(28(37)39)27(33-19-7-10-32-15-19)35-29(34-23)40-17-30-8-3-11-36(30)12-4-9-30/h5-6,13-14,19,32,38H,2-4,7-12,15-17H2,1H3,(H,33,34,35). The molecular formula is C30H35FN6O3. The van der Waals surface area contributed by atoms with E-state index >= 15 is 0 Å². The molecule has 3 N–H and O–H groups in total. The number of nitrogens with one attached hydrogen (secondary N) is 2. The highest BCUT2D eigenvalue weighted by Gasteiger charge is 2.45. The molecule has 0 bridgehead atoms. The van der Waals surface area contributed by atoms with Crippen LogP contribution >= 0.6 is 0 Å². The van der Waals surface area contributed by atoms with E-state index < -0.39 is 0 Å². The lowest BCUT2D eigenvalue weighted by Crippen LogP contribution is -2.43. The maximum Gasteiger partial charge on any atom is 0.318 e. The van der Waals surface area contributed by atoms with E-state index in [2.05, 4.69) is 15.5 Å². The molecule has 3 aromatic rings. The summed E-state index contributed by atoms with van der Waals surface area (Å²) in [7, 11) is 0. The molecule has 40 heavy (non-hydrogen) atoms. The van der Waals surface area contributed by atoms with Gasteiger partial charge in [-0.1, -0.05) is 13.0 Å². The number of benzene rings is 2. The van der Waals surface area contributed by atoms with Crippen LogP contribution in [0.4, 0.5) is 15.9 Å².